The largest absolute Gasteiger partial charge is 0.416 e. The first-order valence-corrected chi connectivity index (χ1v) is 7.01. The van der Waals surface area contributed by atoms with Crippen LogP contribution < -0.4 is 0 Å². The van der Waals surface area contributed by atoms with Crippen LogP contribution in [0.4, 0.5) is 13.2 Å². The van der Waals surface area contributed by atoms with Gasteiger partial charge in [0.15, 0.2) is 0 Å². The van der Waals surface area contributed by atoms with Gasteiger partial charge in [0, 0.05) is 11.8 Å². The molecule has 0 aliphatic carbocycles. The minimum Gasteiger partial charge on any atom is -0.384 e. The topological polar surface area (TPSA) is 33.1 Å². The quantitative estimate of drug-likeness (QED) is 0.761. The fourth-order valence-corrected chi connectivity index (χ4v) is 2.88. The third-order valence-corrected chi connectivity index (χ3v) is 4.02. The molecule has 0 saturated carbocycles. The number of aromatic nitrogens is 1. The fraction of sp³-hybridized carbons (Fsp3) is 0.133. The monoisotopic (exact) mass is 309 g/mol. The van der Waals surface area contributed by atoms with Gasteiger partial charge in [-0.2, -0.15) is 13.2 Å². The Morgan fingerprint density at radius 3 is 2.67 bits per heavy atom. The van der Waals surface area contributed by atoms with Gasteiger partial charge in [-0.15, -0.1) is 11.3 Å². The second kappa shape index (κ2) is 5.13. The van der Waals surface area contributed by atoms with Gasteiger partial charge in [0.1, 0.15) is 6.10 Å². The van der Waals surface area contributed by atoms with E-state index in [1.807, 2.05) is 11.4 Å². The van der Waals surface area contributed by atoms with Crippen LogP contribution in [0.2, 0.25) is 0 Å². The number of rotatable bonds is 2. The van der Waals surface area contributed by atoms with Crippen LogP contribution in [0.5, 0.6) is 0 Å². The molecular weight excluding hydrogens is 299 g/mol. The number of fused-ring (bicyclic) bond motifs is 1. The second-order valence-electron chi connectivity index (χ2n) is 4.60. The van der Waals surface area contributed by atoms with Gasteiger partial charge in [-0.25, -0.2) is 0 Å². The molecular formula is C15H10F3NOS. The molecule has 0 saturated heterocycles. The molecule has 2 aromatic heterocycles. The number of benzene rings is 1. The summed E-state index contributed by atoms with van der Waals surface area (Å²) in [7, 11) is 0. The highest BCUT2D eigenvalue weighted by molar-refractivity contribution is 7.17. The first-order valence-electron chi connectivity index (χ1n) is 6.13. The molecule has 3 aromatic rings. The minimum atomic E-state index is -4.42. The summed E-state index contributed by atoms with van der Waals surface area (Å²) in [4.78, 5) is 4.19. The molecule has 0 radical (unpaired) electrons. The molecule has 2 heterocycles. The van der Waals surface area contributed by atoms with E-state index in [2.05, 4.69) is 4.98 Å². The molecule has 0 spiro atoms. The molecule has 0 bridgehead atoms. The van der Waals surface area contributed by atoms with Crippen LogP contribution in [0.25, 0.3) is 10.2 Å². The second-order valence-corrected chi connectivity index (χ2v) is 5.55. The van der Waals surface area contributed by atoms with E-state index in [1.54, 1.807) is 6.07 Å². The Kier molecular flexibility index (Phi) is 3.43. The summed E-state index contributed by atoms with van der Waals surface area (Å²) in [5, 5.41) is 12.1. The van der Waals surface area contributed by atoms with Gasteiger partial charge < -0.3 is 5.11 Å². The van der Waals surface area contributed by atoms with Gasteiger partial charge >= 0.3 is 6.18 Å². The van der Waals surface area contributed by atoms with Crippen molar-refractivity contribution in [1.82, 2.24) is 4.98 Å². The predicted molar refractivity (Wildman–Crippen MR) is 75.1 cm³/mol. The summed E-state index contributed by atoms with van der Waals surface area (Å²) in [6, 6.07) is 8.30. The molecule has 0 amide bonds. The molecule has 0 fully saturated rings. The molecule has 1 N–H and O–H groups in total. The lowest BCUT2D eigenvalue weighted by molar-refractivity contribution is -0.137. The maximum Gasteiger partial charge on any atom is 0.416 e. The number of aliphatic hydroxyl groups is 1. The number of nitrogens with zero attached hydrogens (tertiary/aromatic N) is 1. The minimum absolute atomic E-state index is 0.197. The first kappa shape index (κ1) is 14.0. The highest BCUT2D eigenvalue weighted by Crippen LogP contribution is 2.32. The van der Waals surface area contributed by atoms with Crippen LogP contribution in [-0.4, -0.2) is 10.1 Å². The van der Waals surface area contributed by atoms with Gasteiger partial charge in [0.25, 0.3) is 0 Å². The number of pyridine rings is 1. The lowest BCUT2D eigenvalue weighted by atomic mass is 10.0. The Bertz CT molecular complexity index is 782. The fourth-order valence-electron chi connectivity index (χ4n) is 2.09. The van der Waals surface area contributed by atoms with Crippen molar-refractivity contribution in [2.45, 2.75) is 12.3 Å². The molecule has 1 unspecified atom stereocenters. The van der Waals surface area contributed by atoms with Crippen LogP contribution in [0.3, 0.4) is 0 Å². The van der Waals surface area contributed by atoms with Crippen LogP contribution in [0, 0.1) is 0 Å². The Morgan fingerprint density at radius 2 is 1.90 bits per heavy atom. The molecule has 3 rings (SSSR count). The van der Waals surface area contributed by atoms with Gasteiger partial charge in [0.2, 0.25) is 0 Å². The van der Waals surface area contributed by atoms with E-state index in [0.717, 1.165) is 22.3 Å². The highest BCUT2D eigenvalue weighted by atomic mass is 32.1. The number of hydrogen-bond donors (Lipinski definition) is 1. The summed E-state index contributed by atoms with van der Waals surface area (Å²) in [5.41, 5.74) is 0.705. The molecule has 108 valence electrons. The van der Waals surface area contributed by atoms with Gasteiger partial charge in [0.05, 0.1) is 15.8 Å². The van der Waals surface area contributed by atoms with Crippen molar-refractivity contribution in [3.8, 4) is 0 Å². The van der Waals surface area contributed by atoms with Crippen LogP contribution in [0.15, 0.2) is 48.0 Å². The zero-order valence-corrected chi connectivity index (χ0v) is 11.4. The number of aliphatic hydroxyl groups excluding tert-OH is 1. The highest BCUT2D eigenvalue weighted by Gasteiger charge is 2.31. The molecule has 21 heavy (non-hydrogen) atoms. The van der Waals surface area contributed by atoms with E-state index in [0.29, 0.717) is 5.56 Å². The van der Waals surface area contributed by atoms with Crippen molar-refractivity contribution < 1.29 is 18.3 Å². The lowest BCUT2D eigenvalue weighted by Gasteiger charge is -2.14. The number of hydrogen-bond acceptors (Lipinski definition) is 3. The Balaban J connectivity index is 1.99. The van der Waals surface area contributed by atoms with Crippen LogP contribution in [-0.2, 0) is 6.18 Å². The molecule has 2 nitrogen and oxygen atoms in total. The number of alkyl halides is 3. The average Bonchev–Trinajstić information content (AvgIpc) is 2.93. The summed E-state index contributed by atoms with van der Waals surface area (Å²) < 4.78 is 39.0. The maximum atomic E-state index is 12.7. The smallest absolute Gasteiger partial charge is 0.384 e. The van der Waals surface area contributed by atoms with E-state index < -0.39 is 17.8 Å². The van der Waals surface area contributed by atoms with Crippen molar-refractivity contribution in [1.29, 1.82) is 0 Å². The van der Waals surface area contributed by atoms with E-state index in [1.165, 1.54) is 29.7 Å². The van der Waals surface area contributed by atoms with E-state index in [9.17, 15) is 18.3 Å². The van der Waals surface area contributed by atoms with Gasteiger partial charge in [-0.1, -0.05) is 12.1 Å². The standard InChI is InChI=1S/C15H10F3NOS/c16-15(17,18)11-3-1-2-9(6-11)14(20)10-7-13-12(19-8-10)4-5-21-13/h1-8,14,20H. The lowest BCUT2D eigenvalue weighted by Crippen LogP contribution is -2.07. The molecule has 6 heteroatoms. The van der Waals surface area contributed by atoms with Crippen molar-refractivity contribution in [2.75, 3.05) is 0 Å². The van der Waals surface area contributed by atoms with E-state index in [-0.39, 0.29) is 5.56 Å². The molecule has 1 aromatic carbocycles. The van der Waals surface area contributed by atoms with Crippen molar-refractivity contribution in [3.63, 3.8) is 0 Å². The predicted octanol–water partition coefficient (Wildman–Crippen LogP) is 4.40. The summed E-state index contributed by atoms with van der Waals surface area (Å²) >= 11 is 1.47. The Labute approximate surface area is 122 Å². The molecule has 1 atom stereocenters. The van der Waals surface area contributed by atoms with Crippen LogP contribution >= 0.6 is 11.3 Å². The SMILES string of the molecule is OC(c1cccc(C(F)(F)F)c1)c1cnc2ccsc2c1. The average molecular weight is 309 g/mol. The van der Waals surface area contributed by atoms with Crippen LogP contribution in [0.1, 0.15) is 22.8 Å². The van der Waals surface area contributed by atoms with Crippen molar-refractivity contribution >= 4 is 21.6 Å². The van der Waals surface area contributed by atoms with Gasteiger partial charge in [-0.3, -0.25) is 4.98 Å². The third-order valence-electron chi connectivity index (χ3n) is 3.17. The van der Waals surface area contributed by atoms with Crippen molar-refractivity contribution in [3.05, 3.63) is 64.7 Å². The zero-order valence-electron chi connectivity index (χ0n) is 10.6. The van der Waals surface area contributed by atoms with Crippen molar-refractivity contribution in [2.24, 2.45) is 0 Å². The first-order chi connectivity index (χ1) is 9.95. The van der Waals surface area contributed by atoms with E-state index in [4.69, 9.17) is 0 Å². The molecule has 0 aliphatic rings. The summed E-state index contributed by atoms with van der Waals surface area (Å²) in [6.07, 6.45) is -4.07. The number of thiophene rings is 1. The number of halogens is 3. The Morgan fingerprint density at radius 1 is 1.10 bits per heavy atom. The zero-order chi connectivity index (χ0) is 15.0. The van der Waals surface area contributed by atoms with E-state index >= 15 is 0 Å². The maximum absolute atomic E-state index is 12.7. The summed E-state index contributed by atoms with van der Waals surface area (Å²) in [5.74, 6) is 0. The van der Waals surface area contributed by atoms with Gasteiger partial charge in [-0.05, 0) is 35.2 Å². The molecule has 0 aliphatic heterocycles. The normalized spacial score (nSPS) is 13.5. The Hall–Kier alpha value is -1.92. The third kappa shape index (κ3) is 2.77. The summed E-state index contributed by atoms with van der Waals surface area (Å²) in [6.45, 7) is 0.